The van der Waals surface area contributed by atoms with Gasteiger partial charge < -0.3 is 10.2 Å². The predicted molar refractivity (Wildman–Crippen MR) is 99.4 cm³/mol. The quantitative estimate of drug-likeness (QED) is 0.664. The summed E-state index contributed by atoms with van der Waals surface area (Å²) in [5.41, 5.74) is 2.60. The summed E-state index contributed by atoms with van der Waals surface area (Å²) in [5.74, 6) is 0.337. The Morgan fingerprint density at radius 2 is 2.08 bits per heavy atom. The smallest absolute Gasteiger partial charge is 0.256 e. The van der Waals surface area contributed by atoms with Crippen LogP contribution < -0.4 is 5.32 Å². The van der Waals surface area contributed by atoms with Crippen molar-refractivity contribution < 1.29 is 4.79 Å². The fraction of sp³-hybridized carbons (Fsp3) is 0.235. The Hall–Kier alpha value is -2.45. The van der Waals surface area contributed by atoms with Crippen LogP contribution in [-0.2, 0) is 13.1 Å². The minimum Gasteiger partial charge on any atom is -0.305 e. The van der Waals surface area contributed by atoms with Gasteiger partial charge in [0.15, 0.2) is 5.82 Å². The van der Waals surface area contributed by atoms with Crippen LogP contribution >= 0.6 is 15.9 Å². The first kappa shape index (κ1) is 17.4. The number of anilines is 1. The van der Waals surface area contributed by atoms with Crippen molar-refractivity contribution >= 4 is 27.7 Å². The molecule has 0 aliphatic carbocycles. The van der Waals surface area contributed by atoms with Gasteiger partial charge in [-0.05, 0) is 47.7 Å². The van der Waals surface area contributed by atoms with Gasteiger partial charge in [-0.1, -0.05) is 12.1 Å². The minimum absolute atomic E-state index is 0.184. The van der Waals surface area contributed by atoms with Gasteiger partial charge in [0.05, 0.1) is 22.9 Å². The van der Waals surface area contributed by atoms with Gasteiger partial charge in [0.2, 0.25) is 0 Å². The molecule has 0 saturated carbocycles. The molecule has 0 fully saturated rings. The molecule has 2 heterocycles. The lowest BCUT2D eigenvalue weighted by molar-refractivity contribution is 0.102. The monoisotopic (exact) mass is 402 g/mol. The third-order valence-electron chi connectivity index (χ3n) is 3.52. The number of halogens is 1. The van der Waals surface area contributed by atoms with Crippen LogP contribution in [0.3, 0.4) is 0 Å². The van der Waals surface area contributed by atoms with E-state index >= 15 is 0 Å². The van der Waals surface area contributed by atoms with Crippen LogP contribution in [0.2, 0.25) is 0 Å². The van der Waals surface area contributed by atoms with E-state index in [1.165, 1.54) is 0 Å². The normalized spacial score (nSPS) is 11.0. The lowest BCUT2D eigenvalue weighted by Crippen LogP contribution is -2.12. The molecule has 2 aromatic heterocycles. The molecular weight excluding hydrogens is 384 g/mol. The summed E-state index contributed by atoms with van der Waals surface area (Å²) in [4.78, 5) is 14.3. The zero-order valence-corrected chi connectivity index (χ0v) is 15.6. The predicted octanol–water partition coefficient (Wildman–Crippen LogP) is 2.73. The van der Waals surface area contributed by atoms with Gasteiger partial charge >= 0.3 is 0 Å². The van der Waals surface area contributed by atoms with Crippen molar-refractivity contribution in [1.82, 2.24) is 24.9 Å². The average Bonchev–Trinajstić information content (AvgIpc) is 3.16. The molecule has 0 aliphatic heterocycles. The Labute approximate surface area is 154 Å². The summed E-state index contributed by atoms with van der Waals surface area (Å²) in [7, 11) is 3.95. The zero-order valence-electron chi connectivity index (χ0n) is 14.0. The van der Waals surface area contributed by atoms with Crippen LogP contribution in [0.5, 0.6) is 0 Å². The summed E-state index contributed by atoms with van der Waals surface area (Å²) in [6.07, 6.45) is 3.65. The maximum absolute atomic E-state index is 12.3. The largest absolute Gasteiger partial charge is 0.305 e. The third kappa shape index (κ3) is 4.77. The first-order chi connectivity index (χ1) is 12.0. The number of benzene rings is 1. The van der Waals surface area contributed by atoms with Crippen LogP contribution in [0, 0.1) is 0 Å². The van der Waals surface area contributed by atoms with E-state index in [1.807, 2.05) is 48.1 Å². The highest BCUT2D eigenvalue weighted by atomic mass is 79.9. The summed E-state index contributed by atoms with van der Waals surface area (Å²) in [5, 5.41) is 14.0. The van der Waals surface area contributed by atoms with Gasteiger partial charge in [-0.15, -0.1) is 0 Å². The number of hydrogen-bond acceptors (Lipinski definition) is 4. The van der Waals surface area contributed by atoms with Crippen LogP contribution in [0.25, 0.3) is 0 Å². The van der Waals surface area contributed by atoms with Gasteiger partial charge in [-0.2, -0.15) is 10.2 Å². The van der Waals surface area contributed by atoms with Crippen molar-refractivity contribution in [2.45, 2.75) is 13.1 Å². The highest BCUT2D eigenvalue weighted by Gasteiger charge is 2.09. The molecule has 25 heavy (non-hydrogen) atoms. The molecule has 0 atom stereocenters. The molecule has 3 aromatic rings. The second-order valence-electron chi connectivity index (χ2n) is 6.02. The zero-order chi connectivity index (χ0) is 17.8. The first-order valence-corrected chi connectivity index (χ1v) is 8.56. The number of carbonyl (C=O) groups excluding carboxylic acids is 1. The van der Waals surface area contributed by atoms with E-state index < -0.39 is 0 Å². The number of aromatic nitrogens is 4. The topological polar surface area (TPSA) is 78.8 Å². The average molecular weight is 403 g/mol. The molecule has 3 rings (SSSR count). The Bertz CT molecular complexity index is 852. The van der Waals surface area contributed by atoms with Crippen molar-refractivity contribution in [3.8, 4) is 0 Å². The van der Waals surface area contributed by atoms with Crippen molar-refractivity contribution in [2.24, 2.45) is 0 Å². The molecule has 2 N–H and O–H groups in total. The molecule has 0 spiro atoms. The molecule has 0 unspecified atom stereocenters. The lowest BCUT2D eigenvalue weighted by atomic mass is 10.1. The van der Waals surface area contributed by atoms with Crippen molar-refractivity contribution in [2.75, 3.05) is 19.4 Å². The molecule has 7 nitrogen and oxygen atoms in total. The molecular formula is C17H19BrN6O. The molecule has 0 radical (unpaired) electrons. The number of amides is 1. The number of nitrogens with zero attached hydrogens (tertiary/aromatic N) is 4. The second-order valence-corrected chi connectivity index (χ2v) is 6.94. The summed E-state index contributed by atoms with van der Waals surface area (Å²) >= 11 is 3.38. The first-order valence-electron chi connectivity index (χ1n) is 7.77. The Morgan fingerprint density at radius 1 is 1.32 bits per heavy atom. The van der Waals surface area contributed by atoms with E-state index in [0.29, 0.717) is 17.9 Å². The van der Waals surface area contributed by atoms with E-state index in [2.05, 4.69) is 36.5 Å². The maximum Gasteiger partial charge on any atom is 0.256 e. The van der Waals surface area contributed by atoms with Crippen LogP contribution in [0.4, 0.5) is 5.82 Å². The van der Waals surface area contributed by atoms with E-state index in [0.717, 1.165) is 22.3 Å². The standard InChI is InChI=1S/C17H19BrN6O/c1-23(2)11-15-7-16(22-21-15)20-17(25)13-5-3-12(4-6-13)9-24-10-14(18)8-19-24/h3-8,10H,9,11H2,1-2H3,(H2,20,21,22,25). The van der Waals surface area contributed by atoms with Crippen LogP contribution in [0.1, 0.15) is 21.6 Å². The Morgan fingerprint density at radius 3 is 2.72 bits per heavy atom. The van der Waals surface area contributed by atoms with E-state index in [1.54, 1.807) is 18.3 Å². The van der Waals surface area contributed by atoms with Gasteiger partial charge in [0.1, 0.15) is 0 Å². The second kappa shape index (κ2) is 7.62. The molecule has 1 amide bonds. The number of nitrogens with one attached hydrogen (secondary N) is 2. The van der Waals surface area contributed by atoms with Crippen molar-refractivity contribution in [1.29, 1.82) is 0 Å². The van der Waals surface area contributed by atoms with Gasteiger partial charge in [0, 0.05) is 24.4 Å². The summed E-state index contributed by atoms with van der Waals surface area (Å²) in [6, 6.07) is 9.29. The minimum atomic E-state index is -0.184. The van der Waals surface area contributed by atoms with Crippen molar-refractivity contribution in [3.63, 3.8) is 0 Å². The number of hydrogen-bond donors (Lipinski definition) is 2. The van der Waals surface area contributed by atoms with Crippen LogP contribution in [0.15, 0.2) is 47.2 Å². The number of aromatic amines is 1. The van der Waals surface area contributed by atoms with Gasteiger partial charge in [-0.25, -0.2) is 0 Å². The summed E-state index contributed by atoms with van der Waals surface area (Å²) < 4.78 is 2.77. The molecule has 8 heteroatoms. The fourth-order valence-electron chi connectivity index (χ4n) is 2.41. The van der Waals surface area contributed by atoms with Crippen molar-refractivity contribution in [3.05, 3.63) is 64.0 Å². The molecule has 0 bridgehead atoms. The molecule has 130 valence electrons. The van der Waals surface area contributed by atoms with Crippen LogP contribution in [-0.4, -0.2) is 44.9 Å². The highest BCUT2D eigenvalue weighted by Crippen LogP contribution is 2.12. The Balaban J connectivity index is 1.61. The van der Waals surface area contributed by atoms with E-state index in [-0.39, 0.29) is 5.91 Å². The maximum atomic E-state index is 12.3. The highest BCUT2D eigenvalue weighted by molar-refractivity contribution is 9.10. The molecule has 0 saturated heterocycles. The lowest BCUT2D eigenvalue weighted by Gasteiger charge is -2.06. The third-order valence-corrected chi connectivity index (χ3v) is 3.93. The fourth-order valence-corrected chi connectivity index (χ4v) is 2.74. The number of carbonyl (C=O) groups is 1. The molecule has 0 aliphatic rings. The van der Waals surface area contributed by atoms with Gasteiger partial charge in [-0.3, -0.25) is 14.6 Å². The van der Waals surface area contributed by atoms with E-state index in [4.69, 9.17) is 0 Å². The number of rotatable bonds is 6. The SMILES string of the molecule is CN(C)Cc1cc(NC(=O)c2ccc(Cn3cc(Br)cn3)cc2)n[nH]1. The Kier molecular flexibility index (Phi) is 5.30. The van der Waals surface area contributed by atoms with Gasteiger partial charge in [0.25, 0.3) is 5.91 Å². The number of H-pyrrole nitrogens is 1. The molecule has 1 aromatic carbocycles. The van der Waals surface area contributed by atoms with E-state index in [9.17, 15) is 4.79 Å². The summed E-state index contributed by atoms with van der Waals surface area (Å²) in [6.45, 7) is 1.39.